The predicted octanol–water partition coefficient (Wildman–Crippen LogP) is 11.6. The minimum Gasteiger partial charge on any atom is -0.0625 e. The van der Waals surface area contributed by atoms with Crippen molar-refractivity contribution in [1.82, 2.24) is 0 Å². The third-order valence-electron chi connectivity index (χ3n) is 14.3. The molecule has 0 nitrogen and oxygen atoms in total. The molecule has 8 atom stereocenters. The molecule has 8 aliphatic rings. The molecule has 0 aliphatic heterocycles. The van der Waals surface area contributed by atoms with Gasteiger partial charge in [-0.15, -0.1) is 0 Å². The van der Waals surface area contributed by atoms with Gasteiger partial charge in [0.2, 0.25) is 0 Å². The Hall–Kier alpha value is -1.04. The molecule has 41 heavy (non-hydrogen) atoms. The van der Waals surface area contributed by atoms with E-state index in [4.69, 9.17) is 0 Å². The topological polar surface area (TPSA) is 0 Å². The summed E-state index contributed by atoms with van der Waals surface area (Å²) < 4.78 is 0. The monoisotopic (exact) mass is 552 g/mol. The molecule has 0 heteroatoms. The molecule has 0 spiro atoms. The maximum atomic E-state index is 2.69. The van der Waals surface area contributed by atoms with Gasteiger partial charge >= 0.3 is 0 Å². The number of rotatable bonds is 2. The molecule has 0 heterocycles. The van der Waals surface area contributed by atoms with Crippen LogP contribution in [-0.2, 0) is 0 Å². The van der Waals surface area contributed by atoms with Crippen LogP contribution in [0.5, 0.6) is 0 Å². The SMILES string of the molecule is CC1CC2C3=C(CC(C)(C)C3)C3=C(CC(C)(C)C3)C2C1CC1C(C)CC2C3=C(CC(C)(C)C3)C3=C(CC(C)(C)C3)C21. The first kappa shape index (κ1) is 27.5. The molecule has 224 valence electrons. The lowest BCUT2D eigenvalue weighted by Gasteiger charge is -2.39. The summed E-state index contributed by atoms with van der Waals surface area (Å²) in [7, 11) is 0. The molecule has 0 radical (unpaired) electrons. The lowest BCUT2D eigenvalue weighted by molar-refractivity contribution is 0.204. The summed E-state index contributed by atoms with van der Waals surface area (Å²) in [5.74, 6) is 7.00. The van der Waals surface area contributed by atoms with E-state index in [2.05, 4.69) is 69.2 Å². The van der Waals surface area contributed by atoms with Crippen molar-refractivity contribution in [3.05, 3.63) is 44.6 Å². The first-order valence-corrected chi connectivity index (χ1v) is 17.9. The highest BCUT2D eigenvalue weighted by Crippen LogP contribution is 2.69. The van der Waals surface area contributed by atoms with E-state index in [-0.39, 0.29) is 0 Å². The Kier molecular flexibility index (Phi) is 5.61. The summed E-state index contributed by atoms with van der Waals surface area (Å²) in [6.07, 6.45) is 15.4. The number of fused-ring (bicyclic) bond motifs is 8. The summed E-state index contributed by atoms with van der Waals surface area (Å²) >= 11 is 0. The lowest BCUT2D eigenvalue weighted by atomic mass is 9.66. The van der Waals surface area contributed by atoms with E-state index in [1.807, 2.05) is 44.6 Å². The van der Waals surface area contributed by atoms with E-state index < -0.39 is 0 Å². The van der Waals surface area contributed by atoms with Crippen molar-refractivity contribution in [3.8, 4) is 0 Å². The van der Waals surface area contributed by atoms with Gasteiger partial charge in [-0.3, -0.25) is 0 Å². The molecule has 2 saturated carbocycles. The quantitative estimate of drug-likeness (QED) is 0.319. The molecule has 8 aliphatic carbocycles. The second-order valence-corrected chi connectivity index (χ2v) is 20.3. The summed E-state index contributed by atoms with van der Waals surface area (Å²) in [6, 6.07) is 0. The van der Waals surface area contributed by atoms with Gasteiger partial charge < -0.3 is 0 Å². The van der Waals surface area contributed by atoms with E-state index in [9.17, 15) is 0 Å². The molecule has 0 bridgehead atoms. The average molecular weight is 553 g/mol. The minimum atomic E-state index is 0.461. The van der Waals surface area contributed by atoms with Crippen LogP contribution in [0.15, 0.2) is 44.6 Å². The highest BCUT2D eigenvalue weighted by atomic mass is 14.6. The van der Waals surface area contributed by atoms with Gasteiger partial charge in [0.15, 0.2) is 0 Å². The second kappa shape index (κ2) is 8.36. The fraction of sp³-hybridized carbons (Fsp3) is 0.805. The van der Waals surface area contributed by atoms with E-state index >= 15 is 0 Å². The van der Waals surface area contributed by atoms with E-state index in [1.54, 1.807) is 0 Å². The van der Waals surface area contributed by atoms with Crippen LogP contribution in [-0.4, -0.2) is 0 Å². The zero-order valence-corrected chi connectivity index (χ0v) is 28.4. The molecule has 0 N–H and O–H groups in total. The Labute approximate surface area is 253 Å². The summed E-state index contributed by atoms with van der Waals surface area (Å²) in [4.78, 5) is 0. The fourth-order valence-electron chi connectivity index (χ4n) is 13.2. The van der Waals surface area contributed by atoms with Gasteiger partial charge in [0.05, 0.1) is 0 Å². The van der Waals surface area contributed by atoms with Crippen LogP contribution < -0.4 is 0 Å². The van der Waals surface area contributed by atoms with E-state index in [0.717, 1.165) is 47.3 Å². The summed E-state index contributed by atoms with van der Waals surface area (Å²) in [6.45, 7) is 25.9. The van der Waals surface area contributed by atoms with Crippen LogP contribution in [0.4, 0.5) is 0 Å². The van der Waals surface area contributed by atoms with Gasteiger partial charge in [0.1, 0.15) is 0 Å². The van der Waals surface area contributed by atoms with Gasteiger partial charge in [-0.1, -0.05) is 91.5 Å². The largest absolute Gasteiger partial charge is 0.0625 e. The fourth-order valence-corrected chi connectivity index (χ4v) is 13.2. The third kappa shape index (κ3) is 4.03. The lowest BCUT2D eigenvalue weighted by Crippen LogP contribution is -2.30. The summed E-state index contributed by atoms with van der Waals surface area (Å²) in [5, 5.41) is 0. The molecular weight excluding hydrogens is 492 g/mol. The molecular formula is C41H60. The van der Waals surface area contributed by atoms with E-state index in [0.29, 0.717) is 21.7 Å². The Bertz CT molecular complexity index is 1230. The predicted molar refractivity (Wildman–Crippen MR) is 173 cm³/mol. The van der Waals surface area contributed by atoms with Crippen LogP contribution in [0.3, 0.4) is 0 Å². The van der Waals surface area contributed by atoms with Gasteiger partial charge in [-0.25, -0.2) is 0 Å². The summed E-state index contributed by atoms with van der Waals surface area (Å²) in [5.41, 5.74) is 17.2. The number of hydrogen-bond acceptors (Lipinski definition) is 0. The number of allylic oxidation sites excluding steroid dienone is 8. The Morgan fingerprint density at radius 1 is 0.439 bits per heavy atom. The molecule has 0 amide bonds. The van der Waals surface area contributed by atoms with Crippen molar-refractivity contribution in [3.63, 3.8) is 0 Å². The minimum absolute atomic E-state index is 0.461. The van der Waals surface area contributed by atoms with Crippen molar-refractivity contribution < 1.29 is 0 Å². The highest BCUT2D eigenvalue weighted by molar-refractivity contribution is 5.54. The first-order valence-electron chi connectivity index (χ1n) is 17.9. The zero-order chi connectivity index (χ0) is 29.0. The normalized spacial score (nSPS) is 44.3. The van der Waals surface area contributed by atoms with Crippen LogP contribution >= 0.6 is 0 Å². The van der Waals surface area contributed by atoms with Gasteiger partial charge in [0.25, 0.3) is 0 Å². The van der Waals surface area contributed by atoms with Crippen molar-refractivity contribution in [2.45, 2.75) is 140 Å². The van der Waals surface area contributed by atoms with E-state index in [1.165, 1.54) is 70.6 Å². The van der Waals surface area contributed by atoms with Crippen LogP contribution in [0.25, 0.3) is 0 Å². The van der Waals surface area contributed by atoms with Gasteiger partial charge in [-0.05, 0) is 162 Å². The van der Waals surface area contributed by atoms with Crippen LogP contribution in [0.2, 0.25) is 0 Å². The van der Waals surface area contributed by atoms with Crippen LogP contribution in [0, 0.1) is 69.0 Å². The Morgan fingerprint density at radius 3 is 1.07 bits per heavy atom. The van der Waals surface area contributed by atoms with Crippen molar-refractivity contribution in [2.24, 2.45) is 69.0 Å². The zero-order valence-electron chi connectivity index (χ0n) is 28.4. The molecule has 8 unspecified atom stereocenters. The van der Waals surface area contributed by atoms with Crippen molar-refractivity contribution >= 4 is 0 Å². The third-order valence-corrected chi connectivity index (χ3v) is 14.3. The average Bonchev–Trinajstić information content (AvgIpc) is 3.63. The van der Waals surface area contributed by atoms with Crippen LogP contribution in [0.1, 0.15) is 140 Å². The molecule has 8 rings (SSSR count). The van der Waals surface area contributed by atoms with Gasteiger partial charge in [-0.2, -0.15) is 0 Å². The first-order chi connectivity index (χ1) is 19.0. The molecule has 0 aromatic rings. The Balaban J connectivity index is 1.16. The molecule has 0 aromatic carbocycles. The molecule has 0 saturated heterocycles. The van der Waals surface area contributed by atoms with Crippen molar-refractivity contribution in [2.75, 3.05) is 0 Å². The standard InChI is InChI=1S/C41H60/c1-22-11-26-28-14-38(3,4)16-30(28)32-18-40(7,8)20-34(32)36(26)24(22)13-25-23(2)12-27-29-15-39(5,6)17-31(29)33-19-41(9,10)21-35(33)37(25)27/h22-27,36-37H,11-21H2,1-10H3. The molecule has 0 aromatic heterocycles. The maximum absolute atomic E-state index is 2.69. The second-order valence-electron chi connectivity index (χ2n) is 20.3. The highest BCUT2D eigenvalue weighted by Gasteiger charge is 2.58. The molecule has 2 fully saturated rings. The number of hydrogen-bond donors (Lipinski definition) is 0. The van der Waals surface area contributed by atoms with Gasteiger partial charge in [0, 0.05) is 0 Å². The Morgan fingerprint density at radius 2 is 0.732 bits per heavy atom. The maximum Gasteiger partial charge on any atom is -0.0100 e. The smallest absolute Gasteiger partial charge is 0.0100 e. The van der Waals surface area contributed by atoms with Crippen molar-refractivity contribution in [1.29, 1.82) is 0 Å².